The van der Waals surface area contributed by atoms with E-state index < -0.39 is 12.1 Å². The molecule has 0 aliphatic rings. The van der Waals surface area contributed by atoms with Crippen molar-refractivity contribution in [1.82, 2.24) is 0 Å². The fourth-order valence-corrected chi connectivity index (χ4v) is 8.25. The fourth-order valence-electron chi connectivity index (χ4n) is 8.25. The highest BCUT2D eigenvalue weighted by atomic mass is 16.6. The molecule has 0 fully saturated rings. The summed E-state index contributed by atoms with van der Waals surface area (Å²) in [7, 11) is 0. The number of hydrogen-bond donors (Lipinski definition) is 0. The molecule has 6 nitrogen and oxygen atoms in total. The van der Waals surface area contributed by atoms with Gasteiger partial charge in [-0.25, -0.2) is 0 Å². The number of esters is 3. The Bertz CT molecular complexity index is 1840. The van der Waals surface area contributed by atoms with Gasteiger partial charge in [0.05, 0.1) is 0 Å². The van der Waals surface area contributed by atoms with E-state index in [0.29, 0.717) is 19.3 Å². The maximum Gasteiger partial charge on any atom is 0.306 e. The lowest BCUT2D eigenvalue weighted by molar-refractivity contribution is -0.166. The van der Waals surface area contributed by atoms with E-state index in [1.165, 1.54) is 83.5 Å². The van der Waals surface area contributed by atoms with Crippen LogP contribution in [0.15, 0.2) is 170 Å². The number of allylic oxidation sites excluding steroid dienone is 28. The Morgan fingerprint density at radius 3 is 0.812 bits per heavy atom. The van der Waals surface area contributed by atoms with Crippen molar-refractivity contribution < 1.29 is 28.6 Å². The summed E-state index contributed by atoms with van der Waals surface area (Å²) in [5.41, 5.74) is 0. The van der Waals surface area contributed by atoms with Crippen LogP contribution in [0.2, 0.25) is 0 Å². The van der Waals surface area contributed by atoms with Crippen LogP contribution >= 0.6 is 0 Å². The highest BCUT2D eigenvalue weighted by molar-refractivity contribution is 5.71. The van der Waals surface area contributed by atoms with Crippen LogP contribution < -0.4 is 0 Å². The van der Waals surface area contributed by atoms with Crippen molar-refractivity contribution in [2.75, 3.05) is 13.2 Å². The van der Waals surface area contributed by atoms with Crippen LogP contribution in [-0.2, 0) is 28.6 Å². The molecule has 0 spiro atoms. The first-order valence-corrected chi connectivity index (χ1v) is 32.1. The molecule has 6 heteroatoms. The highest BCUT2D eigenvalue weighted by Gasteiger charge is 2.19. The molecule has 0 rings (SSSR count). The van der Waals surface area contributed by atoms with Crippen molar-refractivity contribution in [3.63, 3.8) is 0 Å². The van der Waals surface area contributed by atoms with Gasteiger partial charge in [-0.05, 0) is 122 Å². The molecular formula is C74H116O6. The highest BCUT2D eigenvalue weighted by Crippen LogP contribution is 2.15. The van der Waals surface area contributed by atoms with E-state index in [-0.39, 0.29) is 38.0 Å². The lowest BCUT2D eigenvalue weighted by Gasteiger charge is -2.18. The van der Waals surface area contributed by atoms with Crippen LogP contribution in [0.4, 0.5) is 0 Å². The number of rotatable bonds is 56. The van der Waals surface area contributed by atoms with Crippen LogP contribution in [0.25, 0.3) is 0 Å². The minimum absolute atomic E-state index is 0.128. The SMILES string of the molecule is CC/C=C\C/C=C\C/C=C\C/C=C\C/C=C\C/C=C\C/C=C\C/C=C\CCCCC(=O)OCC(COC(=O)CCCCCCCCCCCCCCCCCC)OC(=O)CC/C=C\C/C=C\C/C=C\C/C=C\C/C=C\C/C=C\CC. The van der Waals surface area contributed by atoms with Gasteiger partial charge in [-0.15, -0.1) is 0 Å². The Hall–Kier alpha value is -5.23. The Morgan fingerprint density at radius 1 is 0.263 bits per heavy atom. The molecule has 0 heterocycles. The molecule has 0 radical (unpaired) electrons. The molecule has 448 valence electrons. The topological polar surface area (TPSA) is 78.9 Å². The van der Waals surface area contributed by atoms with E-state index >= 15 is 0 Å². The quantitative estimate of drug-likeness (QED) is 0.0261. The van der Waals surface area contributed by atoms with Crippen molar-refractivity contribution in [1.29, 1.82) is 0 Å². The summed E-state index contributed by atoms with van der Waals surface area (Å²) in [6.45, 7) is 6.32. The molecule has 0 saturated carbocycles. The molecule has 0 aromatic carbocycles. The number of carbonyl (C=O) groups excluding carboxylic acids is 3. The minimum atomic E-state index is -0.846. The summed E-state index contributed by atoms with van der Waals surface area (Å²) in [6, 6.07) is 0. The van der Waals surface area contributed by atoms with Crippen LogP contribution in [0.3, 0.4) is 0 Å². The number of unbranched alkanes of at least 4 members (excludes halogenated alkanes) is 17. The van der Waals surface area contributed by atoms with E-state index in [4.69, 9.17) is 14.2 Å². The van der Waals surface area contributed by atoms with Gasteiger partial charge in [-0.1, -0.05) is 287 Å². The maximum atomic E-state index is 12.9. The minimum Gasteiger partial charge on any atom is -0.462 e. The largest absolute Gasteiger partial charge is 0.462 e. The second-order valence-corrected chi connectivity index (χ2v) is 20.6. The molecule has 0 saturated heterocycles. The molecular weight excluding hydrogens is 985 g/mol. The summed E-state index contributed by atoms with van der Waals surface area (Å²) in [5.74, 6) is -1.06. The first kappa shape index (κ1) is 74.8. The molecule has 0 amide bonds. The molecule has 1 atom stereocenters. The summed E-state index contributed by atoms with van der Waals surface area (Å²) < 4.78 is 16.8. The van der Waals surface area contributed by atoms with Gasteiger partial charge in [-0.2, -0.15) is 0 Å². The molecule has 0 bridgehead atoms. The third kappa shape index (κ3) is 63.6. The summed E-state index contributed by atoms with van der Waals surface area (Å²) >= 11 is 0. The Morgan fingerprint density at radius 2 is 0.512 bits per heavy atom. The summed E-state index contributed by atoms with van der Waals surface area (Å²) in [5, 5.41) is 0. The third-order valence-electron chi connectivity index (χ3n) is 13.0. The second kappa shape index (κ2) is 66.3. The van der Waals surface area contributed by atoms with E-state index in [1.54, 1.807) is 0 Å². The number of hydrogen-bond acceptors (Lipinski definition) is 6. The molecule has 0 N–H and O–H groups in total. The smallest absolute Gasteiger partial charge is 0.306 e. The molecule has 0 aliphatic heterocycles. The van der Waals surface area contributed by atoms with E-state index in [1.807, 2.05) is 12.2 Å². The second-order valence-electron chi connectivity index (χ2n) is 20.6. The van der Waals surface area contributed by atoms with Crippen LogP contribution in [0, 0.1) is 0 Å². The zero-order valence-corrected chi connectivity index (χ0v) is 51.3. The summed E-state index contributed by atoms with van der Waals surface area (Å²) in [6.07, 6.45) is 98.0. The first-order chi connectivity index (χ1) is 39.5. The van der Waals surface area contributed by atoms with Crippen LogP contribution in [-0.4, -0.2) is 37.2 Å². The van der Waals surface area contributed by atoms with Crippen LogP contribution in [0.5, 0.6) is 0 Å². The van der Waals surface area contributed by atoms with Crippen molar-refractivity contribution in [2.45, 2.75) is 264 Å². The molecule has 1 unspecified atom stereocenters. The van der Waals surface area contributed by atoms with Crippen LogP contribution in [0.1, 0.15) is 258 Å². The first-order valence-electron chi connectivity index (χ1n) is 32.1. The van der Waals surface area contributed by atoms with Gasteiger partial charge in [0, 0.05) is 19.3 Å². The number of carbonyl (C=O) groups is 3. The van der Waals surface area contributed by atoms with Gasteiger partial charge >= 0.3 is 17.9 Å². The van der Waals surface area contributed by atoms with Crippen molar-refractivity contribution in [3.05, 3.63) is 170 Å². The predicted molar refractivity (Wildman–Crippen MR) is 348 cm³/mol. The van der Waals surface area contributed by atoms with E-state index in [0.717, 1.165) is 122 Å². The average Bonchev–Trinajstić information content (AvgIpc) is 3.46. The molecule has 0 aromatic rings. The third-order valence-corrected chi connectivity index (χ3v) is 13.0. The van der Waals surface area contributed by atoms with Gasteiger partial charge in [0.15, 0.2) is 6.10 Å². The predicted octanol–water partition coefficient (Wildman–Crippen LogP) is 22.3. The fraction of sp³-hybridized carbons (Fsp3) is 0.581. The van der Waals surface area contributed by atoms with Gasteiger partial charge in [0.25, 0.3) is 0 Å². The van der Waals surface area contributed by atoms with E-state index in [9.17, 15) is 14.4 Å². The monoisotopic (exact) mass is 1100 g/mol. The number of ether oxygens (including phenoxy) is 3. The van der Waals surface area contributed by atoms with Gasteiger partial charge < -0.3 is 14.2 Å². The molecule has 0 aromatic heterocycles. The standard InChI is InChI=1S/C74H116O6/c1-4-7-10-13-16-19-22-25-28-31-33-34-35-36-37-38-39-40-42-43-46-49-52-55-58-61-64-67-73(76)79-70-71(69-78-72(75)66-63-60-57-54-51-48-45-30-27-24-21-18-15-12-9-6-3)80-74(77)68-65-62-59-56-53-50-47-44-41-32-29-26-23-20-17-14-11-8-5-2/h7-8,10-11,16-17,19-20,25-26,28-29,33-34,36-37,39-41,43-44,46,50,52-53,55,59,62,71H,4-6,9,12-15,18,21-24,27,30-32,35,38,42,45,47-49,51,54,56-58,60-61,63-70H2,1-3H3/b10-7-,11-8-,19-16-,20-17-,28-25-,29-26-,34-33-,37-36-,40-39-,44-41-,46-43-,53-50-,55-52-,62-59-. The normalized spacial score (nSPS) is 13.3. The average molecular weight is 1100 g/mol. The van der Waals surface area contributed by atoms with Crippen molar-refractivity contribution in [3.8, 4) is 0 Å². The lowest BCUT2D eigenvalue weighted by atomic mass is 10.0. The zero-order chi connectivity index (χ0) is 57.8. The summed E-state index contributed by atoms with van der Waals surface area (Å²) in [4.78, 5) is 38.3. The van der Waals surface area contributed by atoms with Crippen molar-refractivity contribution in [2.24, 2.45) is 0 Å². The van der Waals surface area contributed by atoms with Gasteiger partial charge in [0.1, 0.15) is 13.2 Å². The Labute approximate surface area is 492 Å². The molecule has 0 aliphatic carbocycles. The van der Waals surface area contributed by atoms with E-state index in [2.05, 4.69) is 179 Å². The lowest BCUT2D eigenvalue weighted by Crippen LogP contribution is -2.30. The Kier molecular flexibility index (Phi) is 61.9. The van der Waals surface area contributed by atoms with Crippen molar-refractivity contribution >= 4 is 17.9 Å². The zero-order valence-electron chi connectivity index (χ0n) is 51.3. The van der Waals surface area contributed by atoms with Gasteiger partial charge in [-0.3, -0.25) is 14.4 Å². The maximum absolute atomic E-state index is 12.9. The van der Waals surface area contributed by atoms with Gasteiger partial charge in [0.2, 0.25) is 0 Å². The molecule has 80 heavy (non-hydrogen) atoms. The Balaban J connectivity index is 4.57.